The highest BCUT2D eigenvalue weighted by atomic mass is 35.5. The number of rotatable bonds is 2. The quantitative estimate of drug-likeness (QED) is 0.817. The van der Waals surface area contributed by atoms with Gasteiger partial charge in [-0.3, -0.25) is 0 Å². The van der Waals surface area contributed by atoms with Crippen LogP contribution in [0.1, 0.15) is 30.9 Å². The lowest BCUT2D eigenvalue weighted by Gasteiger charge is -2.31. The van der Waals surface area contributed by atoms with E-state index in [1.54, 1.807) is 0 Å². The lowest BCUT2D eigenvalue weighted by molar-refractivity contribution is -0.302. The van der Waals surface area contributed by atoms with E-state index in [0.29, 0.717) is 5.56 Å². The zero-order valence-electron chi connectivity index (χ0n) is 11.4. The molecule has 0 fully saturated rings. The molecular weight excluding hydrogens is 344 g/mol. The van der Waals surface area contributed by atoms with Crippen molar-refractivity contribution in [1.82, 2.24) is 0 Å². The third-order valence-electron chi connectivity index (χ3n) is 3.22. The van der Waals surface area contributed by atoms with Crippen molar-refractivity contribution in [3.63, 3.8) is 0 Å². The van der Waals surface area contributed by atoms with Gasteiger partial charge in [0.05, 0.1) is 11.0 Å². The average Bonchev–Trinajstić information content (AvgIpc) is 2.36. The number of hydrogen-bond donors (Lipinski definition) is 0. The molecule has 2 rings (SSSR count). The lowest BCUT2D eigenvalue weighted by atomic mass is 9.96. The van der Waals surface area contributed by atoms with E-state index < -0.39 is 28.9 Å². The van der Waals surface area contributed by atoms with E-state index in [1.807, 2.05) is 13.8 Å². The smallest absolute Gasteiger partial charge is 0.429 e. The van der Waals surface area contributed by atoms with Gasteiger partial charge in [-0.25, -0.2) is 0 Å². The van der Waals surface area contributed by atoms with Crippen LogP contribution in [0.25, 0.3) is 5.03 Å². The molecule has 0 aromatic heterocycles. The number of carbonyl (C=O) groups excluding carboxylic acids is 1. The Morgan fingerprint density at radius 3 is 2.36 bits per heavy atom. The highest BCUT2D eigenvalue weighted by molar-refractivity contribution is 6.51. The summed E-state index contributed by atoms with van der Waals surface area (Å²) in [6.07, 6.45) is -7.62. The first-order valence-corrected chi connectivity index (χ1v) is 6.97. The summed E-state index contributed by atoms with van der Waals surface area (Å²) in [6, 6.07) is 2.64. The number of halogens is 5. The fourth-order valence-corrected chi connectivity index (χ4v) is 2.86. The number of ether oxygens (including phenoxy) is 1. The Bertz CT molecular complexity index is 666. The largest absolute Gasteiger partial charge is 0.545 e. The summed E-state index contributed by atoms with van der Waals surface area (Å²) >= 11 is 11.9. The van der Waals surface area contributed by atoms with Crippen LogP contribution in [0.15, 0.2) is 17.7 Å². The summed E-state index contributed by atoms with van der Waals surface area (Å²) in [6.45, 7) is 3.61. The fraction of sp³-hybridized carbons (Fsp3) is 0.357. The van der Waals surface area contributed by atoms with Crippen LogP contribution in [-0.4, -0.2) is 18.2 Å². The van der Waals surface area contributed by atoms with Gasteiger partial charge >= 0.3 is 6.18 Å². The topological polar surface area (TPSA) is 49.4 Å². The van der Waals surface area contributed by atoms with Gasteiger partial charge in [-0.2, -0.15) is 13.2 Å². The van der Waals surface area contributed by atoms with Gasteiger partial charge in [0.15, 0.2) is 0 Å². The summed E-state index contributed by atoms with van der Waals surface area (Å²) in [4.78, 5) is 11.0. The van der Waals surface area contributed by atoms with Crippen molar-refractivity contribution >= 4 is 34.2 Å². The van der Waals surface area contributed by atoms with Gasteiger partial charge in [0.2, 0.25) is 6.10 Å². The van der Waals surface area contributed by atoms with Gasteiger partial charge in [-0.15, -0.1) is 0 Å². The number of fused-ring (bicyclic) bond motifs is 1. The number of benzene rings is 1. The van der Waals surface area contributed by atoms with Crippen LogP contribution in [0.3, 0.4) is 0 Å². The Kier molecular flexibility index (Phi) is 4.37. The van der Waals surface area contributed by atoms with E-state index in [-0.39, 0.29) is 22.3 Å². The van der Waals surface area contributed by atoms with Crippen molar-refractivity contribution in [3.8, 4) is 5.75 Å². The number of carbonyl (C=O) groups is 1. The minimum atomic E-state index is -4.94. The Morgan fingerprint density at radius 1 is 1.32 bits per heavy atom. The number of carboxylic acids is 1. The first kappa shape index (κ1) is 17.0. The van der Waals surface area contributed by atoms with Crippen LogP contribution in [-0.2, 0) is 4.79 Å². The molecule has 1 aliphatic rings. The zero-order chi connectivity index (χ0) is 16.8. The molecule has 22 heavy (non-hydrogen) atoms. The molecule has 1 atom stereocenters. The highest BCUT2D eigenvalue weighted by Gasteiger charge is 2.48. The number of aliphatic carboxylic acids is 1. The van der Waals surface area contributed by atoms with Crippen molar-refractivity contribution < 1.29 is 27.8 Å². The number of hydrogen-bond acceptors (Lipinski definition) is 3. The zero-order valence-corrected chi connectivity index (χ0v) is 12.9. The molecule has 120 valence electrons. The molecule has 1 unspecified atom stereocenters. The van der Waals surface area contributed by atoms with E-state index in [0.717, 1.165) is 0 Å². The van der Waals surface area contributed by atoms with Crippen molar-refractivity contribution in [2.24, 2.45) is 0 Å². The first-order valence-electron chi connectivity index (χ1n) is 6.22. The molecule has 1 aliphatic heterocycles. The number of alkyl halides is 3. The molecule has 0 N–H and O–H groups in total. The Morgan fingerprint density at radius 2 is 1.91 bits per heavy atom. The summed E-state index contributed by atoms with van der Waals surface area (Å²) < 4.78 is 43.9. The molecule has 0 amide bonds. The monoisotopic (exact) mass is 353 g/mol. The van der Waals surface area contributed by atoms with Gasteiger partial charge in [0.25, 0.3) is 0 Å². The molecular formula is C14H10Cl2F3O3-. The number of carboxylic acid groups (broad SMARTS) is 1. The summed E-state index contributed by atoms with van der Waals surface area (Å²) in [7, 11) is 0. The second kappa shape index (κ2) is 5.66. The highest BCUT2D eigenvalue weighted by Crippen LogP contribution is 2.45. The van der Waals surface area contributed by atoms with Crippen LogP contribution in [0.4, 0.5) is 13.2 Å². The van der Waals surface area contributed by atoms with Crippen LogP contribution in [0.5, 0.6) is 5.75 Å². The molecule has 0 radical (unpaired) electrons. The predicted octanol–water partition coefficient (Wildman–Crippen LogP) is 3.49. The van der Waals surface area contributed by atoms with Gasteiger partial charge in [0.1, 0.15) is 5.75 Å². The summed E-state index contributed by atoms with van der Waals surface area (Å²) in [5, 5.41) is 10.7. The third-order valence-corrected chi connectivity index (χ3v) is 3.95. The van der Waals surface area contributed by atoms with Gasteiger partial charge in [-0.05, 0) is 23.6 Å². The normalized spacial score (nSPS) is 18.3. The molecule has 0 saturated carbocycles. The van der Waals surface area contributed by atoms with Gasteiger partial charge < -0.3 is 14.6 Å². The first-order chi connectivity index (χ1) is 10.0. The fourth-order valence-electron chi connectivity index (χ4n) is 2.15. The van der Waals surface area contributed by atoms with Crippen molar-refractivity contribution in [3.05, 3.63) is 33.9 Å². The third kappa shape index (κ3) is 2.90. The average molecular weight is 354 g/mol. The molecule has 3 nitrogen and oxygen atoms in total. The molecule has 0 aliphatic carbocycles. The Balaban J connectivity index is 2.70. The molecule has 1 heterocycles. The maximum atomic E-state index is 13.0. The van der Waals surface area contributed by atoms with E-state index in [2.05, 4.69) is 0 Å². The Hall–Kier alpha value is -1.40. The lowest BCUT2D eigenvalue weighted by Crippen LogP contribution is -2.44. The van der Waals surface area contributed by atoms with Crippen molar-refractivity contribution in [1.29, 1.82) is 0 Å². The standard InChI is InChI=1S/C14H11Cl2F3O3/c1-5(2)6-4-9-7(3-8(6)15)11(16)10(13(20)21)12(22-9)14(17,18)19/h3-5,12H,1-2H3,(H,20,21)/p-1. The van der Waals surface area contributed by atoms with Gasteiger partial charge in [0, 0.05) is 16.2 Å². The molecule has 1 aromatic carbocycles. The van der Waals surface area contributed by atoms with Crippen LogP contribution < -0.4 is 9.84 Å². The van der Waals surface area contributed by atoms with E-state index in [1.165, 1.54) is 12.1 Å². The SMILES string of the molecule is CC(C)c1cc2c(cc1Cl)C(Cl)=C(C(=O)[O-])C(C(F)(F)F)O2. The minimum Gasteiger partial charge on any atom is -0.545 e. The van der Waals surface area contributed by atoms with Crippen LogP contribution in [0, 0.1) is 0 Å². The Labute approximate surface area is 134 Å². The molecule has 0 saturated heterocycles. The van der Waals surface area contributed by atoms with E-state index in [4.69, 9.17) is 27.9 Å². The summed E-state index contributed by atoms with van der Waals surface area (Å²) in [5.74, 6) is -2.26. The predicted molar refractivity (Wildman–Crippen MR) is 73.8 cm³/mol. The second-order valence-electron chi connectivity index (χ2n) is 5.08. The maximum Gasteiger partial charge on any atom is 0.429 e. The summed E-state index contributed by atoms with van der Waals surface area (Å²) in [5.41, 5.74) is -0.589. The molecule has 1 aromatic rings. The van der Waals surface area contributed by atoms with Crippen LogP contribution >= 0.6 is 23.2 Å². The van der Waals surface area contributed by atoms with Crippen LogP contribution in [0.2, 0.25) is 5.02 Å². The van der Waals surface area contributed by atoms with Gasteiger partial charge in [-0.1, -0.05) is 37.0 Å². The second-order valence-corrected chi connectivity index (χ2v) is 5.86. The van der Waals surface area contributed by atoms with E-state index in [9.17, 15) is 23.1 Å². The molecule has 0 spiro atoms. The van der Waals surface area contributed by atoms with Crippen molar-refractivity contribution in [2.45, 2.75) is 32.0 Å². The van der Waals surface area contributed by atoms with E-state index >= 15 is 0 Å². The van der Waals surface area contributed by atoms with Crippen molar-refractivity contribution in [2.75, 3.05) is 0 Å². The molecule has 8 heteroatoms. The maximum absolute atomic E-state index is 13.0. The minimum absolute atomic E-state index is 0.00392. The molecule has 0 bridgehead atoms.